The molecule has 0 atom stereocenters. The van der Waals surface area contributed by atoms with Crippen molar-refractivity contribution in [1.29, 1.82) is 0 Å². The number of aryl methyl sites for hydroxylation is 2. The quantitative estimate of drug-likeness (QED) is 0.354. The van der Waals surface area contributed by atoms with Gasteiger partial charge in [0.15, 0.2) is 0 Å². The Morgan fingerprint density at radius 3 is 2.41 bits per heavy atom. The van der Waals surface area contributed by atoms with E-state index in [-0.39, 0.29) is 4.90 Å². The SMILES string of the molecule is Cc1cc(C)c2cccnc2c1S(=O)(=O)Nc1ccccc1C#Cc1cncc2ccccc12. The van der Waals surface area contributed by atoms with Crippen LogP contribution in [0, 0.1) is 25.7 Å². The Hall–Kier alpha value is -4.21. The largest absolute Gasteiger partial charge is 0.278 e. The molecule has 0 radical (unpaired) electrons. The Bertz CT molecular complexity index is 1730. The molecule has 6 heteroatoms. The van der Waals surface area contributed by atoms with Crippen LogP contribution in [0.15, 0.2) is 90.2 Å². The van der Waals surface area contributed by atoms with Crippen LogP contribution in [0.2, 0.25) is 0 Å². The highest BCUT2D eigenvalue weighted by Gasteiger charge is 2.23. The highest BCUT2D eigenvalue weighted by molar-refractivity contribution is 7.93. The third-order valence-electron chi connectivity index (χ3n) is 5.68. The van der Waals surface area contributed by atoms with Gasteiger partial charge in [0.2, 0.25) is 0 Å². The number of para-hydroxylation sites is 1. The van der Waals surface area contributed by atoms with Crippen molar-refractivity contribution in [2.45, 2.75) is 18.7 Å². The summed E-state index contributed by atoms with van der Waals surface area (Å²) < 4.78 is 29.8. The molecule has 5 nitrogen and oxygen atoms in total. The van der Waals surface area contributed by atoms with Gasteiger partial charge in [-0.3, -0.25) is 14.7 Å². The first kappa shape index (κ1) is 21.6. The molecule has 5 aromatic rings. The van der Waals surface area contributed by atoms with Crippen molar-refractivity contribution in [2.24, 2.45) is 0 Å². The molecule has 0 aliphatic heterocycles. The van der Waals surface area contributed by atoms with Crippen molar-refractivity contribution in [2.75, 3.05) is 4.72 Å². The number of anilines is 1. The minimum Gasteiger partial charge on any atom is -0.278 e. The number of hydrogen-bond donors (Lipinski definition) is 1. The number of pyridine rings is 2. The first-order chi connectivity index (χ1) is 16.4. The highest BCUT2D eigenvalue weighted by Crippen LogP contribution is 2.30. The van der Waals surface area contributed by atoms with Crippen molar-refractivity contribution in [3.05, 3.63) is 108 Å². The summed E-state index contributed by atoms with van der Waals surface area (Å²) in [5.41, 5.74) is 3.84. The molecular weight excluding hydrogens is 442 g/mol. The van der Waals surface area contributed by atoms with E-state index in [2.05, 4.69) is 26.5 Å². The van der Waals surface area contributed by atoms with Gasteiger partial charge in [0, 0.05) is 40.3 Å². The number of benzene rings is 3. The fourth-order valence-corrected chi connectivity index (χ4v) is 5.60. The summed E-state index contributed by atoms with van der Waals surface area (Å²) in [5.74, 6) is 6.28. The van der Waals surface area contributed by atoms with Crippen LogP contribution < -0.4 is 4.72 Å². The topological polar surface area (TPSA) is 72.0 Å². The Balaban J connectivity index is 1.58. The number of nitrogens with one attached hydrogen (secondary N) is 1. The summed E-state index contributed by atoms with van der Waals surface area (Å²) in [6.07, 6.45) is 5.12. The second-order valence-corrected chi connectivity index (χ2v) is 9.67. The molecule has 2 heterocycles. The van der Waals surface area contributed by atoms with Gasteiger partial charge in [-0.05, 0) is 43.2 Å². The predicted molar refractivity (Wildman–Crippen MR) is 136 cm³/mol. The maximum atomic E-state index is 13.5. The van der Waals surface area contributed by atoms with E-state index in [4.69, 9.17) is 0 Å². The number of nitrogens with zero attached hydrogens (tertiary/aromatic N) is 2. The van der Waals surface area contributed by atoms with Crippen LogP contribution in [0.25, 0.3) is 21.7 Å². The summed E-state index contributed by atoms with van der Waals surface area (Å²) >= 11 is 0. The lowest BCUT2D eigenvalue weighted by molar-refractivity contribution is 0.601. The van der Waals surface area contributed by atoms with Crippen molar-refractivity contribution in [3.8, 4) is 11.8 Å². The smallest absolute Gasteiger partial charge is 0.264 e. The maximum Gasteiger partial charge on any atom is 0.264 e. The van der Waals surface area contributed by atoms with E-state index in [1.54, 1.807) is 43.7 Å². The number of sulfonamides is 1. The Labute approximate surface area is 198 Å². The molecule has 34 heavy (non-hydrogen) atoms. The number of aromatic nitrogens is 2. The van der Waals surface area contributed by atoms with E-state index in [0.29, 0.717) is 22.3 Å². The zero-order chi connectivity index (χ0) is 23.7. The summed E-state index contributed by atoms with van der Waals surface area (Å²) in [7, 11) is -3.92. The molecule has 0 unspecified atom stereocenters. The standard InChI is InChI=1S/C28H21N3O2S/c1-19-16-20(2)28(27-24(19)11-7-15-30-27)34(32,33)31-26-12-6-4-8-21(26)13-14-23-18-29-17-22-9-3-5-10-25(22)23/h3-12,15-18,31H,1-2H3. The molecule has 0 spiro atoms. The van der Waals surface area contributed by atoms with E-state index in [1.807, 2.05) is 55.5 Å². The summed E-state index contributed by atoms with van der Waals surface area (Å²) in [4.78, 5) is 8.83. The lowest BCUT2D eigenvalue weighted by Crippen LogP contribution is -2.16. The van der Waals surface area contributed by atoms with Crippen LogP contribution in [0.3, 0.4) is 0 Å². The van der Waals surface area contributed by atoms with E-state index < -0.39 is 10.0 Å². The van der Waals surface area contributed by atoms with E-state index in [0.717, 1.165) is 27.3 Å². The Morgan fingerprint density at radius 2 is 1.53 bits per heavy atom. The average molecular weight is 464 g/mol. The Kier molecular flexibility index (Phi) is 5.48. The van der Waals surface area contributed by atoms with Gasteiger partial charge in [-0.1, -0.05) is 60.4 Å². The average Bonchev–Trinajstić information content (AvgIpc) is 2.83. The molecule has 0 saturated heterocycles. The first-order valence-electron chi connectivity index (χ1n) is 10.8. The lowest BCUT2D eigenvalue weighted by Gasteiger charge is -2.15. The van der Waals surface area contributed by atoms with E-state index >= 15 is 0 Å². The van der Waals surface area contributed by atoms with E-state index in [9.17, 15) is 8.42 Å². The fourth-order valence-electron chi connectivity index (χ4n) is 4.13. The second kappa shape index (κ2) is 8.62. The van der Waals surface area contributed by atoms with Gasteiger partial charge in [-0.15, -0.1) is 0 Å². The number of fused-ring (bicyclic) bond motifs is 2. The molecule has 0 saturated carbocycles. The molecule has 0 bridgehead atoms. The number of hydrogen-bond acceptors (Lipinski definition) is 4. The van der Waals surface area contributed by atoms with Gasteiger partial charge >= 0.3 is 0 Å². The van der Waals surface area contributed by atoms with E-state index in [1.165, 1.54) is 0 Å². The van der Waals surface area contributed by atoms with Crippen LogP contribution in [0.5, 0.6) is 0 Å². The normalized spacial score (nSPS) is 11.2. The van der Waals surface area contributed by atoms with Crippen LogP contribution >= 0.6 is 0 Å². The summed E-state index contributed by atoms with van der Waals surface area (Å²) in [6, 6.07) is 20.6. The molecule has 5 rings (SSSR count). The fraction of sp³-hybridized carbons (Fsp3) is 0.0714. The third kappa shape index (κ3) is 3.98. The zero-order valence-electron chi connectivity index (χ0n) is 18.7. The summed E-state index contributed by atoms with van der Waals surface area (Å²) in [5, 5.41) is 2.80. The molecule has 3 aromatic carbocycles. The first-order valence-corrected chi connectivity index (χ1v) is 12.2. The van der Waals surface area contributed by atoms with Gasteiger partial charge in [0.25, 0.3) is 10.0 Å². The van der Waals surface area contributed by atoms with Crippen molar-refractivity contribution in [1.82, 2.24) is 9.97 Å². The molecular formula is C28H21N3O2S. The predicted octanol–water partition coefficient (Wildman–Crippen LogP) is 5.60. The molecule has 2 aromatic heterocycles. The lowest BCUT2D eigenvalue weighted by atomic mass is 10.1. The van der Waals surface area contributed by atoms with Crippen molar-refractivity contribution >= 4 is 37.4 Å². The number of rotatable bonds is 3. The summed E-state index contributed by atoms with van der Waals surface area (Å²) in [6.45, 7) is 3.74. The minimum absolute atomic E-state index is 0.176. The van der Waals surface area contributed by atoms with Crippen molar-refractivity contribution in [3.63, 3.8) is 0 Å². The minimum atomic E-state index is -3.92. The van der Waals surface area contributed by atoms with Crippen molar-refractivity contribution < 1.29 is 8.42 Å². The molecule has 0 aliphatic rings. The van der Waals surface area contributed by atoms with Crippen LogP contribution in [-0.2, 0) is 10.0 Å². The zero-order valence-corrected chi connectivity index (χ0v) is 19.5. The van der Waals surface area contributed by atoms with Gasteiger partial charge in [-0.2, -0.15) is 0 Å². The third-order valence-corrected chi connectivity index (χ3v) is 7.22. The van der Waals surface area contributed by atoms with Gasteiger partial charge < -0.3 is 0 Å². The molecule has 0 fully saturated rings. The van der Waals surface area contributed by atoms with Crippen LogP contribution in [-0.4, -0.2) is 18.4 Å². The maximum absolute atomic E-state index is 13.5. The Morgan fingerprint density at radius 1 is 0.794 bits per heavy atom. The molecule has 166 valence electrons. The van der Waals surface area contributed by atoms with Crippen LogP contribution in [0.4, 0.5) is 5.69 Å². The van der Waals surface area contributed by atoms with Gasteiger partial charge in [0.05, 0.1) is 16.8 Å². The van der Waals surface area contributed by atoms with Gasteiger partial charge in [0.1, 0.15) is 4.90 Å². The van der Waals surface area contributed by atoms with Gasteiger partial charge in [-0.25, -0.2) is 8.42 Å². The van der Waals surface area contributed by atoms with Crippen LogP contribution in [0.1, 0.15) is 22.3 Å². The molecule has 0 amide bonds. The highest BCUT2D eigenvalue weighted by atomic mass is 32.2. The molecule has 0 aliphatic carbocycles. The molecule has 1 N–H and O–H groups in total. The second-order valence-electron chi connectivity index (χ2n) is 8.05. The monoisotopic (exact) mass is 463 g/mol.